The third-order valence-electron chi connectivity index (χ3n) is 2.97. The Morgan fingerprint density at radius 3 is 2.94 bits per heavy atom. The van der Waals surface area contributed by atoms with Gasteiger partial charge in [0.2, 0.25) is 0 Å². The topological polar surface area (TPSA) is 29.5 Å². The van der Waals surface area contributed by atoms with Crippen LogP contribution in [0.25, 0.3) is 0 Å². The summed E-state index contributed by atoms with van der Waals surface area (Å²) in [6.45, 7) is 0. The molecule has 2 atom stereocenters. The fourth-order valence-electron chi connectivity index (χ4n) is 2.11. The average Bonchev–Trinajstić information content (AvgIpc) is 2.76. The molecule has 2 aromatic rings. The smallest absolute Gasteiger partial charge is 0.137 e. The lowest BCUT2D eigenvalue weighted by Crippen LogP contribution is -2.18. The summed E-state index contributed by atoms with van der Waals surface area (Å²) in [7, 11) is 0. The van der Waals surface area contributed by atoms with E-state index in [4.69, 9.17) is 4.74 Å². The van der Waals surface area contributed by atoms with Gasteiger partial charge in [-0.05, 0) is 45.6 Å². The Hall–Kier alpha value is -0.910. The normalized spacial score (nSPS) is 22.4. The highest BCUT2D eigenvalue weighted by Crippen LogP contribution is 2.44. The summed E-state index contributed by atoms with van der Waals surface area (Å²) < 4.78 is 19.9. The molecular weight excluding hydrogens is 319 g/mol. The summed E-state index contributed by atoms with van der Waals surface area (Å²) >= 11 is 5.04. The number of rotatable bonds is 1. The predicted molar refractivity (Wildman–Crippen MR) is 71.4 cm³/mol. The Balaban J connectivity index is 1.97. The molecule has 1 aliphatic heterocycles. The summed E-state index contributed by atoms with van der Waals surface area (Å²) in [5.74, 6) is 0.201. The van der Waals surface area contributed by atoms with E-state index in [1.165, 1.54) is 12.1 Å². The summed E-state index contributed by atoms with van der Waals surface area (Å²) in [6.07, 6.45) is -0.439. The van der Waals surface area contributed by atoms with Crippen LogP contribution in [0, 0.1) is 5.82 Å². The van der Waals surface area contributed by atoms with Crippen molar-refractivity contribution in [1.82, 2.24) is 0 Å². The second-order valence-corrected chi connectivity index (χ2v) is 5.97. The molecule has 1 aromatic heterocycles. The van der Waals surface area contributed by atoms with Crippen molar-refractivity contribution in [1.29, 1.82) is 0 Å². The lowest BCUT2D eigenvalue weighted by molar-refractivity contribution is 0.0667. The fraction of sp³-hybridized carbons (Fsp3) is 0.231. The molecule has 5 heteroatoms. The van der Waals surface area contributed by atoms with E-state index in [9.17, 15) is 9.50 Å². The molecule has 94 valence electrons. The molecule has 1 aliphatic rings. The molecule has 3 rings (SSSR count). The van der Waals surface area contributed by atoms with Crippen LogP contribution in [-0.2, 0) is 0 Å². The van der Waals surface area contributed by atoms with E-state index in [0.29, 0.717) is 17.7 Å². The molecule has 0 amide bonds. The number of aliphatic hydroxyl groups is 1. The maximum Gasteiger partial charge on any atom is 0.137 e. The highest BCUT2D eigenvalue weighted by atomic mass is 79.9. The zero-order chi connectivity index (χ0) is 12.7. The van der Waals surface area contributed by atoms with Crippen LogP contribution in [0.3, 0.4) is 0 Å². The van der Waals surface area contributed by atoms with Gasteiger partial charge in [-0.15, -0.1) is 11.3 Å². The number of fused-ring (bicyclic) bond motifs is 1. The van der Waals surface area contributed by atoms with Crippen LogP contribution in [0.5, 0.6) is 5.75 Å². The number of hydrogen-bond acceptors (Lipinski definition) is 3. The van der Waals surface area contributed by atoms with E-state index in [1.807, 2.05) is 11.4 Å². The minimum absolute atomic E-state index is 0.188. The largest absolute Gasteiger partial charge is 0.484 e. The molecule has 0 bridgehead atoms. The zero-order valence-corrected chi connectivity index (χ0v) is 11.7. The SMILES string of the molecule is O[C@@H]1CC(c2sccc2Br)Oc2ccc(F)cc21. The minimum atomic E-state index is -0.691. The van der Waals surface area contributed by atoms with Gasteiger partial charge in [-0.25, -0.2) is 4.39 Å². The van der Waals surface area contributed by atoms with E-state index in [-0.39, 0.29) is 11.9 Å². The molecule has 0 saturated heterocycles. The third-order valence-corrected chi connectivity index (χ3v) is 4.94. The predicted octanol–water partition coefficient (Wildman–Crippen LogP) is 4.21. The second kappa shape index (κ2) is 4.64. The summed E-state index contributed by atoms with van der Waals surface area (Å²) in [6, 6.07) is 6.20. The van der Waals surface area contributed by atoms with Crippen LogP contribution in [0.2, 0.25) is 0 Å². The highest BCUT2D eigenvalue weighted by Gasteiger charge is 2.30. The molecule has 0 saturated carbocycles. The molecule has 1 aromatic carbocycles. The van der Waals surface area contributed by atoms with Crippen LogP contribution in [0.15, 0.2) is 34.1 Å². The van der Waals surface area contributed by atoms with Crippen molar-refractivity contribution in [3.63, 3.8) is 0 Å². The third kappa shape index (κ3) is 2.06. The van der Waals surface area contributed by atoms with Gasteiger partial charge in [0.05, 0.1) is 11.0 Å². The fourth-order valence-corrected chi connectivity index (χ4v) is 3.78. The summed E-state index contributed by atoms with van der Waals surface area (Å²) in [4.78, 5) is 1.05. The number of hydrogen-bond donors (Lipinski definition) is 1. The number of thiophene rings is 1. The van der Waals surface area contributed by atoms with Gasteiger partial charge in [-0.1, -0.05) is 0 Å². The zero-order valence-electron chi connectivity index (χ0n) is 9.27. The molecule has 1 N–H and O–H groups in total. The molecular formula is C13H10BrFO2S. The first-order valence-electron chi connectivity index (χ1n) is 5.52. The van der Waals surface area contributed by atoms with Crippen LogP contribution in [-0.4, -0.2) is 5.11 Å². The first-order valence-corrected chi connectivity index (χ1v) is 7.19. The molecule has 1 unspecified atom stereocenters. The number of ether oxygens (including phenoxy) is 1. The van der Waals surface area contributed by atoms with Crippen molar-refractivity contribution in [3.8, 4) is 5.75 Å². The van der Waals surface area contributed by atoms with Gasteiger partial charge in [0, 0.05) is 16.5 Å². The van der Waals surface area contributed by atoms with Crippen LogP contribution in [0.1, 0.15) is 29.1 Å². The molecule has 0 fully saturated rings. The van der Waals surface area contributed by atoms with Crippen LogP contribution < -0.4 is 4.74 Å². The van der Waals surface area contributed by atoms with E-state index in [0.717, 1.165) is 9.35 Å². The molecule has 18 heavy (non-hydrogen) atoms. The number of aliphatic hydroxyl groups excluding tert-OH is 1. The summed E-state index contributed by atoms with van der Waals surface area (Å²) in [5, 5.41) is 12.1. The monoisotopic (exact) mass is 328 g/mol. The van der Waals surface area contributed by atoms with Gasteiger partial charge in [0.15, 0.2) is 0 Å². The Bertz CT molecular complexity index is 584. The highest BCUT2D eigenvalue weighted by molar-refractivity contribution is 9.10. The van der Waals surface area contributed by atoms with Crippen molar-refractivity contribution in [3.05, 3.63) is 50.4 Å². The molecule has 0 spiro atoms. The van der Waals surface area contributed by atoms with Crippen molar-refractivity contribution in [2.24, 2.45) is 0 Å². The number of halogens is 2. The van der Waals surface area contributed by atoms with Gasteiger partial charge >= 0.3 is 0 Å². The van der Waals surface area contributed by atoms with Crippen molar-refractivity contribution < 1.29 is 14.2 Å². The van der Waals surface area contributed by atoms with Gasteiger partial charge in [0.25, 0.3) is 0 Å². The van der Waals surface area contributed by atoms with E-state index in [1.54, 1.807) is 17.4 Å². The van der Waals surface area contributed by atoms with Crippen LogP contribution >= 0.6 is 27.3 Å². The van der Waals surface area contributed by atoms with E-state index < -0.39 is 6.10 Å². The lowest BCUT2D eigenvalue weighted by Gasteiger charge is -2.29. The van der Waals surface area contributed by atoms with Crippen molar-refractivity contribution >= 4 is 27.3 Å². The van der Waals surface area contributed by atoms with Gasteiger partial charge in [-0.2, -0.15) is 0 Å². The molecule has 0 radical (unpaired) electrons. The molecule has 2 nitrogen and oxygen atoms in total. The number of benzene rings is 1. The maximum atomic E-state index is 13.1. The second-order valence-electron chi connectivity index (χ2n) is 4.17. The minimum Gasteiger partial charge on any atom is -0.484 e. The van der Waals surface area contributed by atoms with Crippen molar-refractivity contribution in [2.45, 2.75) is 18.6 Å². The van der Waals surface area contributed by atoms with Gasteiger partial charge in [-0.3, -0.25) is 0 Å². The Kier molecular flexibility index (Phi) is 3.13. The molecule has 2 heterocycles. The standard InChI is InChI=1S/C13H10BrFO2S/c14-9-3-4-18-13(9)12-6-10(16)8-5-7(15)1-2-11(8)17-12/h1-5,10,12,16H,6H2/t10-,12?/m1/s1. The van der Waals surface area contributed by atoms with Crippen molar-refractivity contribution in [2.75, 3.05) is 0 Å². The van der Waals surface area contributed by atoms with E-state index >= 15 is 0 Å². The van der Waals surface area contributed by atoms with E-state index in [2.05, 4.69) is 15.9 Å². The quantitative estimate of drug-likeness (QED) is 0.849. The van der Waals surface area contributed by atoms with Crippen LogP contribution in [0.4, 0.5) is 4.39 Å². The molecule has 0 aliphatic carbocycles. The Labute approximate surface area is 116 Å². The average molecular weight is 329 g/mol. The first kappa shape index (κ1) is 12.1. The lowest BCUT2D eigenvalue weighted by atomic mass is 9.98. The Morgan fingerprint density at radius 2 is 2.22 bits per heavy atom. The maximum absolute atomic E-state index is 13.1. The van der Waals surface area contributed by atoms with Gasteiger partial charge < -0.3 is 9.84 Å². The van der Waals surface area contributed by atoms with Gasteiger partial charge in [0.1, 0.15) is 17.7 Å². The summed E-state index contributed by atoms with van der Waals surface area (Å²) in [5.41, 5.74) is 0.527. The first-order chi connectivity index (χ1) is 8.65. The Morgan fingerprint density at radius 1 is 1.39 bits per heavy atom.